The smallest absolute Gasteiger partial charge is 0.338 e. The van der Waals surface area contributed by atoms with Crippen molar-refractivity contribution < 1.29 is 13.9 Å². The normalized spacial score (nSPS) is 23.8. The minimum absolute atomic E-state index is 0.322. The number of hydrogen-bond acceptors (Lipinski definition) is 2. The minimum Gasteiger partial charge on any atom is -0.456 e. The van der Waals surface area contributed by atoms with Crippen molar-refractivity contribution >= 4 is 17.6 Å². The molecule has 22 heavy (non-hydrogen) atoms. The number of carbonyl (C=O) groups is 1. The molecule has 2 atom stereocenters. The highest BCUT2D eigenvalue weighted by molar-refractivity contribution is 6.27. The molecule has 0 spiro atoms. The zero-order valence-electron chi connectivity index (χ0n) is 12.2. The first-order valence-corrected chi connectivity index (χ1v) is 7.70. The standard InChI is InChI=1S/C18H16ClFO2/c1-2-5-16-18(19,12-8-10-13(20)11-9-12)15-7-4-3-6-14(15)17(21)22-16/h3-4,6-11,16H,2,5H2,1H3. The third-order valence-corrected chi connectivity index (χ3v) is 4.71. The monoisotopic (exact) mass is 318 g/mol. The number of ether oxygens (including phenoxy) is 1. The molecule has 1 aliphatic heterocycles. The summed E-state index contributed by atoms with van der Waals surface area (Å²) in [6.45, 7) is 2.01. The molecule has 2 aromatic rings. The third kappa shape index (κ3) is 2.30. The Bertz CT molecular complexity index is 698. The van der Waals surface area contributed by atoms with Crippen LogP contribution in [0.5, 0.6) is 0 Å². The van der Waals surface area contributed by atoms with E-state index in [9.17, 15) is 9.18 Å². The number of hydrogen-bond donors (Lipinski definition) is 0. The number of alkyl halides is 1. The van der Waals surface area contributed by atoms with Crippen molar-refractivity contribution in [2.75, 3.05) is 0 Å². The van der Waals surface area contributed by atoms with Gasteiger partial charge in [0.05, 0.1) is 5.56 Å². The van der Waals surface area contributed by atoms with Crippen LogP contribution < -0.4 is 0 Å². The van der Waals surface area contributed by atoms with E-state index in [1.54, 1.807) is 24.3 Å². The fraction of sp³-hybridized carbons (Fsp3) is 0.278. The molecule has 2 unspecified atom stereocenters. The number of esters is 1. The van der Waals surface area contributed by atoms with Gasteiger partial charge in [0.15, 0.2) is 0 Å². The summed E-state index contributed by atoms with van der Waals surface area (Å²) in [5.41, 5.74) is 1.92. The zero-order chi connectivity index (χ0) is 15.7. The molecule has 1 heterocycles. The summed E-state index contributed by atoms with van der Waals surface area (Å²) in [7, 11) is 0. The maximum Gasteiger partial charge on any atom is 0.338 e. The van der Waals surface area contributed by atoms with Gasteiger partial charge in [-0.25, -0.2) is 9.18 Å². The average Bonchev–Trinajstić information content (AvgIpc) is 2.53. The molecule has 2 aromatic carbocycles. The van der Waals surface area contributed by atoms with Gasteiger partial charge in [0.2, 0.25) is 0 Å². The highest BCUT2D eigenvalue weighted by Crippen LogP contribution is 2.47. The highest BCUT2D eigenvalue weighted by atomic mass is 35.5. The summed E-state index contributed by atoms with van der Waals surface area (Å²) in [5.74, 6) is -0.676. The van der Waals surface area contributed by atoms with Crippen LogP contribution in [0.1, 0.15) is 41.3 Å². The topological polar surface area (TPSA) is 26.3 Å². The molecule has 0 aliphatic carbocycles. The van der Waals surface area contributed by atoms with Crippen LogP contribution in [0, 0.1) is 5.82 Å². The second kappa shape index (κ2) is 5.73. The van der Waals surface area contributed by atoms with Gasteiger partial charge < -0.3 is 4.74 Å². The fourth-order valence-corrected chi connectivity index (χ4v) is 3.42. The average molecular weight is 319 g/mol. The van der Waals surface area contributed by atoms with Crippen molar-refractivity contribution in [3.63, 3.8) is 0 Å². The summed E-state index contributed by atoms with van der Waals surface area (Å²) in [6.07, 6.45) is 0.989. The van der Waals surface area contributed by atoms with Crippen LogP contribution in [-0.4, -0.2) is 12.1 Å². The number of rotatable bonds is 3. The first kappa shape index (κ1) is 15.0. The van der Waals surface area contributed by atoms with E-state index in [1.807, 2.05) is 19.1 Å². The van der Waals surface area contributed by atoms with Crippen LogP contribution in [0.4, 0.5) is 4.39 Å². The van der Waals surface area contributed by atoms with Gasteiger partial charge in [-0.15, -0.1) is 11.6 Å². The molecule has 0 saturated heterocycles. The summed E-state index contributed by atoms with van der Waals surface area (Å²) in [6, 6.07) is 13.2. The molecule has 2 nitrogen and oxygen atoms in total. The first-order chi connectivity index (χ1) is 10.6. The third-order valence-electron chi connectivity index (χ3n) is 4.05. The van der Waals surface area contributed by atoms with Crippen LogP contribution in [0.25, 0.3) is 0 Å². The van der Waals surface area contributed by atoms with Gasteiger partial charge in [0.25, 0.3) is 0 Å². The molecule has 0 fully saturated rings. The molecule has 4 heteroatoms. The summed E-state index contributed by atoms with van der Waals surface area (Å²) in [5, 5.41) is 0. The Labute approximate surface area is 133 Å². The molecule has 0 aromatic heterocycles. The van der Waals surface area contributed by atoms with Gasteiger partial charge in [-0.3, -0.25) is 0 Å². The number of halogens is 2. The van der Waals surface area contributed by atoms with E-state index >= 15 is 0 Å². The molecular weight excluding hydrogens is 303 g/mol. The van der Waals surface area contributed by atoms with Crippen molar-refractivity contribution in [3.8, 4) is 0 Å². The van der Waals surface area contributed by atoms with Crippen LogP contribution in [0.15, 0.2) is 48.5 Å². The maximum absolute atomic E-state index is 13.3. The molecule has 0 bridgehead atoms. The van der Waals surface area contributed by atoms with Crippen molar-refractivity contribution in [3.05, 3.63) is 71.0 Å². The van der Waals surface area contributed by atoms with E-state index < -0.39 is 11.0 Å². The Kier molecular flexibility index (Phi) is 3.92. The minimum atomic E-state index is -0.992. The Balaban J connectivity index is 2.21. The first-order valence-electron chi connectivity index (χ1n) is 7.32. The predicted octanol–water partition coefficient (Wildman–Crippen LogP) is 4.65. The largest absolute Gasteiger partial charge is 0.456 e. The van der Waals surface area contributed by atoms with Gasteiger partial charge in [-0.05, 0) is 35.7 Å². The molecule has 0 saturated carbocycles. The molecule has 0 radical (unpaired) electrons. The van der Waals surface area contributed by atoms with Crippen LogP contribution >= 0.6 is 11.6 Å². The fourth-order valence-electron chi connectivity index (χ4n) is 2.98. The number of cyclic esters (lactones) is 1. The summed E-state index contributed by atoms with van der Waals surface area (Å²) in [4.78, 5) is 11.2. The lowest BCUT2D eigenvalue weighted by Crippen LogP contribution is -2.44. The lowest BCUT2D eigenvalue weighted by molar-refractivity contribution is 0.0135. The second-order valence-corrected chi connectivity index (χ2v) is 6.04. The van der Waals surface area contributed by atoms with E-state index in [0.717, 1.165) is 17.5 Å². The number of benzene rings is 2. The van der Waals surface area contributed by atoms with E-state index in [1.165, 1.54) is 12.1 Å². The van der Waals surface area contributed by atoms with Crippen molar-refractivity contribution in [2.24, 2.45) is 0 Å². The van der Waals surface area contributed by atoms with E-state index in [4.69, 9.17) is 16.3 Å². The van der Waals surface area contributed by atoms with Gasteiger partial charge in [0.1, 0.15) is 16.8 Å². The van der Waals surface area contributed by atoms with Crippen molar-refractivity contribution in [1.82, 2.24) is 0 Å². The Morgan fingerprint density at radius 1 is 1.18 bits per heavy atom. The second-order valence-electron chi connectivity index (χ2n) is 5.45. The van der Waals surface area contributed by atoms with Gasteiger partial charge in [-0.2, -0.15) is 0 Å². The number of fused-ring (bicyclic) bond motifs is 1. The summed E-state index contributed by atoms with van der Waals surface area (Å²) < 4.78 is 18.8. The quantitative estimate of drug-likeness (QED) is 0.608. The van der Waals surface area contributed by atoms with Crippen molar-refractivity contribution in [1.29, 1.82) is 0 Å². The highest BCUT2D eigenvalue weighted by Gasteiger charge is 2.48. The molecule has 0 amide bonds. The Hall–Kier alpha value is -1.87. The van der Waals surface area contributed by atoms with Gasteiger partial charge in [-0.1, -0.05) is 43.7 Å². The Morgan fingerprint density at radius 2 is 1.86 bits per heavy atom. The molecule has 1 aliphatic rings. The van der Waals surface area contributed by atoms with E-state index in [2.05, 4.69) is 0 Å². The van der Waals surface area contributed by atoms with Crippen LogP contribution in [0.2, 0.25) is 0 Å². The summed E-state index contributed by atoms with van der Waals surface area (Å²) >= 11 is 6.99. The predicted molar refractivity (Wildman–Crippen MR) is 83.6 cm³/mol. The van der Waals surface area contributed by atoms with Gasteiger partial charge >= 0.3 is 5.97 Å². The Morgan fingerprint density at radius 3 is 2.55 bits per heavy atom. The van der Waals surface area contributed by atoms with Crippen LogP contribution in [0.3, 0.4) is 0 Å². The van der Waals surface area contributed by atoms with E-state index in [-0.39, 0.29) is 11.8 Å². The molecule has 3 rings (SSSR count). The van der Waals surface area contributed by atoms with E-state index in [0.29, 0.717) is 12.0 Å². The van der Waals surface area contributed by atoms with Crippen LogP contribution in [-0.2, 0) is 9.61 Å². The van der Waals surface area contributed by atoms with Gasteiger partial charge in [0, 0.05) is 0 Å². The molecule has 114 valence electrons. The van der Waals surface area contributed by atoms with Crippen molar-refractivity contribution in [2.45, 2.75) is 30.7 Å². The lowest BCUT2D eigenvalue weighted by Gasteiger charge is -2.40. The SMILES string of the molecule is CCCC1OC(=O)c2ccccc2C1(Cl)c1ccc(F)cc1. The molecule has 0 N–H and O–H groups in total. The number of carbonyl (C=O) groups excluding carboxylic acids is 1. The zero-order valence-corrected chi connectivity index (χ0v) is 12.9. The maximum atomic E-state index is 13.3. The molecular formula is C18H16ClFO2. The lowest BCUT2D eigenvalue weighted by atomic mass is 9.79.